The molecule has 4 nitrogen and oxygen atoms in total. The molecule has 2 rings (SSSR count). The quantitative estimate of drug-likeness (QED) is 0.633. The third kappa shape index (κ3) is 4.77. The highest BCUT2D eigenvalue weighted by Crippen LogP contribution is 2.25. The van der Waals surface area contributed by atoms with Crippen molar-refractivity contribution >= 4 is 29.3 Å². The molecule has 1 aliphatic heterocycles. The summed E-state index contributed by atoms with van der Waals surface area (Å²) in [5, 5.41) is 0. The molecular formula is C16H21NO3S. The fraction of sp³-hybridized carbons (Fsp3) is 0.500. The third-order valence-corrected chi connectivity index (χ3v) is 4.32. The topological polar surface area (TPSA) is 46.6 Å². The summed E-state index contributed by atoms with van der Waals surface area (Å²) in [5.74, 6) is 0.752. The first kappa shape index (κ1) is 15.9. The molecule has 0 spiro atoms. The lowest BCUT2D eigenvalue weighted by Gasteiger charge is -2.17. The molecule has 1 amide bonds. The van der Waals surface area contributed by atoms with Gasteiger partial charge in [0, 0.05) is 23.4 Å². The first-order chi connectivity index (χ1) is 9.85. The Bertz CT molecular complexity index is 519. The first-order valence-corrected chi connectivity index (χ1v) is 8.09. The van der Waals surface area contributed by atoms with Crippen molar-refractivity contribution in [2.45, 2.75) is 38.4 Å². The predicted molar refractivity (Wildman–Crippen MR) is 85.9 cm³/mol. The SMILES string of the molecule is CC(C)(C)SCC(=O)Oc1ccc(N2CCCC2=O)cc1. The summed E-state index contributed by atoms with van der Waals surface area (Å²) in [6.07, 6.45) is 1.51. The van der Waals surface area contributed by atoms with Gasteiger partial charge >= 0.3 is 5.97 Å². The normalized spacial score (nSPS) is 15.4. The van der Waals surface area contributed by atoms with E-state index in [9.17, 15) is 9.59 Å². The lowest BCUT2D eigenvalue weighted by Crippen LogP contribution is -2.23. The third-order valence-electron chi connectivity index (χ3n) is 3.08. The molecule has 0 aromatic heterocycles. The Kier molecular flexibility index (Phi) is 4.93. The molecule has 0 saturated carbocycles. The van der Waals surface area contributed by atoms with E-state index < -0.39 is 0 Å². The summed E-state index contributed by atoms with van der Waals surface area (Å²) in [7, 11) is 0. The molecule has 114 valence electrons. The number of carbonyl (C=O) groups excluding carboxylic acids is 2. The number of amides is 1. The molecule has 21 heavy (non-hydrogen) atoms. The van der Waals surface area contributed by atoms with Gasteiger partial charge < -0.3 is 9.64 Å². The highest BCUT2D eigenvalue weighted by molar-refractivity contribution is 8.01. The molecule has 1 saturated heterocycles. The molecule has 0 atom stereocenters. The van der Waals surface area contributed by atoms with Gasteiger partial charge in [-0.2, -0.15) is 0 Å². The van der Waals surface area contributed by atoms with Gasteiger partial charge in [-0.25, -0.2) is 0 Å². The van der Waals surface area contributed by atoms with Crippen molar-refractivity contribution in [3.8, 4) is 5.75 Å². The average Bonchev–Trinajstić information content (AvgIpc) is 2.83. The van der Waals surface area contributed by atoms with Gasteiger partial charge in [0.25, 0.3) is 0 Å². The summed E-state index contributed by atoms with van der Waals surface area (Å²) in [4.78, 5) is 25.2. The predicted octanol–water partition coefficient (Wildman–Crippen LogP) is 3.25. The van der Waals surface area contributed by atoms with Crippen LogP contribution in [0.25, 0.3) is 0 Å². The van der Waals surface area contributed by atoms with E-state index in [-0.39, 0.29) is 16.6 Å². The number of anilines is 1. The Hall–Kier alpha value is -1.49. The van der Waals surface area contributed by atoms with E-state index in [1.165, 1.54) is 0 Å². The van der Waals surface area contributed by atoms with Gasteiger partial charge in [-0.15, -0.1) is 11.8 Å². The molecule has 5 heteroatoms. The van der Waals surface area contributed by atoms with Gasteiger partial charge in [0.2, 0.25) is 5.91 Å². The average molecular weight is 307 g/mol. The van der Waals surface area contributed by atoms with Crippen molar-refractivity contribution in [2.75, 3.05) is 17.2 Å². The second-order valence-electron chi connectivity index (χ2n) is 6.02. The summed E-state index contributed by atoms with van der Waals surface area (Å²) < 4.78 is 5.33. The van der Waals surface area contributed by atoms with Crippen LogP contribution in [0.2, 0.25) is 0 Å². The second kappa shape index (κ2) is 6.52. The number of ether oxygens (including phenoxy) is 1. The van der Waals surface area contributed by atoms with Crippen LogP contribution >= 0.6 is 11.8 Å². The number of rotatable bonds is 4. The Balaban J connectivity index is 1.90. The zero-order valence-corrected chi connectivity index (χ0v) is 13.5. The molecule has 0 aliphatic carbocycles. The van der Waals surface area contributed by atoms with E-state index in [1.807, 2.05) is 12.1 Å². The number of nitrogens with zero attached hydrogens (tertiary/aromatic N) is 1. The van der Waals surface area contributed by atoms with Crippen LogP contribution in [0.1, 0.15) is 33.6 Å². The molecule has 0 radical (unpaired) electrons. The number of benzene rings is 1. The Labute approximate surface area is 129 Å². The maximum atomic E-state index is 11.7. The van der Waals surface area contributed by atoms with Crippen molar-refractivity contribution in [2.24, 2.45) is 0 Å². The van der Waals surface area contributed by atoms with E-state index in [0.717, 1.165) is 18.7 Å². The standard InChI is InChI=1S/C16H21NO3S/c1-16(2,3)21-11-15(19)20-13-8-6-12(7-9-13)17-10-4-5-14(17)18/h6-9H,4-5,10-11H2,1-3H3. The van der Waals surface area contributed by atoms with Gasteiger partial charge in [-0.1, -0.05) is 20.8 Å². The van der Waals surface area contributed by atoms with Crippen LogP contribution in [0.3, 0.4) is 0 Å². The highest BCUT2D eigenvalue weighted by Gasteiger charge is 2.21. The Morgan fingerprint density at radius 1 is 1.29 bits per heavy atom. The van der Waals surface area contributed by atoms with Crippen molar-refractivity contribution in [3.05, 3.63) is 24.3 Å². The minimum Gasteiger partial charge on any atom is -0.426 e. The van der Waals surface area contributed by atoms with E-state index in [2.05, 4.69) is 20.8 Å². The summed E-state index contributed by atoms with van der Waals surface area (Å²) in [6, 6.07) is 7.12. The molecular weight excluding hydrogens is 286 g/mol. The summed E-state index contributed by atoms with van der Waals surface area (Å²) in [5.41, 5.74) is 0.862. The van der Waals surface area contributed by atoms with Crippen LogP contribution in [0.5, 0.6) is 5.75 Å². The van der Waals surface area contributed by atoms with Crippen molar-refractivity contribution < 1.29 is 14.3 Å². The zero-order chi connectivity index (χ0) is 15.5. The molecule has 0 bridgehead atoms. The van der Waals surface area contributed by atoms with Gasteiger partial charge in [-0.3, -0.25) is 9.59 Å². The maximum Gasteiger partial charge on any atom is 0.321 e. The van der Waals surface area contributed by atoms with Crippen molar-refractivity contribution in [1.82, 2.24) is 0 Å². The molecule has 0 unspecified atom stereocenters. The van der Waals surface area contributed by atoms with Crippen molar-refractivity contribution in [3.63, 3.8) is 0 Å². The number of hydrogen-bond acceptors (Lipinski definition) is 4. The van der Waals surface area contributed by atoms with E-state index in [4.69, 9.17) is 4.74 Å². The Morgan fingerprint density at radius 3 is 2.48 bits per heavy atom. The van der Waals surface area contributed by atoms with Crippen LogP contribution in [-0.2, 0) is 9.59 Å². The van der Waals surface area contributed by atoms with E-state index >= 15 is 0 Å². The number of esters is 1. The van der Waals surface area contributed by atoms with E-state index in [1.54, 1.807) is 28.8 Å². The van der Waals surface area contributed by atoms with Crippen LogP contribution in [0.15, 0.2) is 24.3 Å². The van der Waals surface area contributed by atoms with E-state index in [0.29, 0.717) is 17.9 Å². The molecule has 1 fully saturated rings. The van der Waals surface area contributed by atoms with Crippen LogP contribution in [-0.4, -0.2) is 28.9 Å². The van der Waals surface area contributed by atoms with Crippen molar-refractivity contribution in [1.29, 1.82) is 0 Å². The number of hydrogen-bond donors (Lipinski definition) is 0. The van der Waals surface area contributed by atoms with Gasteiger partial charge in [0.1, 0.15) is 5.75 Å². The first-order valence-electron chi connectivity index (χ1n) is 7.10. The summed E-state index contributed by atoms with van der Waals surface area (Å²) >= 11 is 1.56. The second-order valence-corrected chi connectivity index (χ2v) is 7.82. The minimum atomic E-state index is -0.250. The van der Waals surface area contributed by atoms with Gasteiger partial charge in [0.15, 0.2) is 0 Å². The van der Waals surface area contributed by atoms with Crippen LogP contribution in [0, 0.1) is 0 Å². The molecule has 1 heterocycles. The Morgan fingerprint density at radius 2 is 1.95 bits per heavy atom. The number of thioether (sulfide) groups is 1. The van der Waals surface area contributed by atoms with Crippen LogP contribution in [0.4, 0.5) is 5.69 Å². The van der Waals surface area contributed by atoms with Crippen LogP contribution < -0.4 is 9.64 Å². The van der Waals surface area contributed by atoms with Gasteiger partial charge in [-0.05, 0) is 30.7 Å². The highest BCUT2D eigenvalue weighted by atomic mass is 32.2. The fourth-order valence-electron chi connectivity index (χ4n) is 2.05. The largest absolute Gasteiger partial charge is 0.426 e. The van der Waals surface area contributed by atoms with Gasteiger partial charge in [0.05, 0.1) is 5.75 Å². The molecule has 1 aromatic rings. The minimum absolute atomic E-state index is 0.0407. The zero-order valence-electron chi connectivity index (χ0n) is 12.7. The smallest absolute Gasteiger partial charge is 0.321 e. The maximum absolute atomic E-state index is 11.7. The molecule has 1 aromatic carbocycles. The fourth-order valence-corrected chi connectivity index (χ4v) is 2.66. The summed E-state index contributed by atoms with van der Waals surface area (Å²) in [6.45, 7) is 6.95. The monoisotopic (exact) mass is 307 g/mol. The molecule has 1 aliphatic rings. The molecule has 0 N–H and O–H groups in total. The number of carbonyl (C=O) groups is 2. The lowest BCUT2D eigenvalue weighted by molar-refractivity contribution is -0.131. The lowest BCUT2D eigenvalue weighted by atomic mass is 10.3.